The Bertz CT molecular complexity index is 532. The van der Waals surface area contributed by atoms with Crippen LogP contribution in [0.25, 0.3) is 0 Å². The molecule has 1 heterocycles. The summed E-state index contributed by atoms with van der Waals surface area (Å²) in [7, 11) is -0.399. The van der Waals surface area contributed by atoms with Crippen LogP contribution in [0.15, 0.2) is 24.3 Å². The van der Waals surface area contributed by atoms with Gasteiger partial charge in [-0.1, -0.05) is 12.1 Å². The van der Waals surface area contributed by atoms with Gasteiger partial charge >= 0.3 is 13.2 Å². The van der Waals surface area contributed by atoms with Gasteiger partial charge in [-0.05, 0) is 45.3 Å². The van der Waals surface area contributed by atoms with Crippen LogP contribution in [0.5, 0.6) is 0 Å². The maximum Gasteiger partial charge on any atom is 0.494 e. The largest absolute Gasteiger partial charge is 0.494 e. The number of anilines is 1. The van der Waals surface area contributed by atoms with E-state index in [-0.39, 0.29) is 11.2 Å². The first kappa shape index (κ1) is 16.6. The summed E-state index contributed by atoms with van der Waals surface area (Å²) >= 11 is 0. The molecular weight excluding hydrogens is 283 g/mol. The normalized spacial score (nSPS) is 19.0. The molecule has 0 unspecified atom stereocenters. The molecule has 2 rings (SSSR count). The zero-order valence-corrected chi connectivity index (χ0v) is 13.5. The first-order valence-corrected chi connectivity index (χ1v) is 7.37. The fraction of sp³-hybridized carbons (Fsp3) is 0.533. The summed E-state index contributed by atoms with van der Waals surface area (Å²) in [5.41, 5.74) is 1.10. The van der Waals surface area contributed by atoms with Crippen molar-refractivity contribution < 1.29 is 19.2 Å². The quantitative estimate of drug-likeness (QED) is 0.569. The Labute approximate surface area is 131 Å². The van der Waals surface area contributed by atoms with Crippen molar-refractivity contribution in [3.8, 4) is 0 Å². The van der Waals surface area contributed by atoms with Gasteiger partial charge in [-0.2, -0.15) is 0 Å². The van der Waals surface area contributed by atoms with Gasteiger partial charge < -0.3 is 25.0 Å². The molecular formula is C15H23BN2O4. The number of carboxylic acid groups (broad SMARTS) is 1. The van der Waals surface area contributed by atoms with Crippen molar-refractivity contribution in [1.29, 1.82) is 0 Å². The van der Waals surface area contributed by atoms with Gasteiger partial charge in [0.05, 0.1) is 11.2 Å². The molecule has 120 valence electrons. The number of nitrogens with one attached hydrogen (secondary N) is 2. The van der Waals surface area contributed by atoms with E-state index in [0.29, 0.717) is 13.1 Å². The number of hydrogen-bond acceptors (Lipinski definition) is 4. The van der Waals surface area contributed by atoms with Gasteiger partial charge in [-0.3, -0.25) is 0 Å². The van der Waals surface area contributed by atoms with Crippen LogP contribution >= 0.6 is 0 Å². The minimum Gasteiger partial charge on any atom is -0.465 e. The van der Waals surface area contributed by atoms with E-state index < -0.39 is 13.2 Å². The fourth-order valence-corrected chi connectivity index (χ4v) is 2.15. The molecule has 1 aromatic rings. The van der Waals surface area contributed by atoms with E-state index >= 15 is 0 Å². The van der Waals surface area contributed by atoms with E-state index in [1.807, 2.05) is 52.0 Å². The van der Waals surface area contributed by atoms with Gasteiger partial charge in [0.1, 0.15) is 0 Å². The Balaban J connectivity index is 1.99. The van der Waals surface area contributed by atoms with E-state index in [1.54, 1.807) is 0 Å². The predicted molar refractivity (Wildman–Crippen MR) is 86.7 cm³/mol. The van der Waals surface area contributed by atoms with Crippen LogP contribution < -0.4 is 16.1 Å². The molecule has 0 radical (unpaired) electrons. The van der Waals surface area contributed by atoms with Crippen molar-refractivity contribution in [1.82, 2.24) is 5.32 Å². The maximum atomic E-state index is 10.4. The molecule has 1 fully saturated rings. The third-order valence-corrected chi connectivity index (χ3v) is 4.14. The topological polar surface area (TPSA) is 79.8 Å². The second-order valence-corrected chi connectivity index (χ2v) is 6.37. The third kappa shape index (κ3) is 3.72. The highest BCUT2D eigenvalue weighted by Crippen LogP contribution is 2.36. The van der Waals surface area contributed by atoms with Gasteiger partial charge in [0.15, 0.2) is 0 Å². The zero-order valence-electron chi connectivity index (χ0n) is 13.5. The minimum atomic E-state index is -1.02. The molecule has 3 N–H and O–H groups in total. The van der Waals surface area contributed by atoms with E-state index in [9.17, 15) is 4.79 Å². The molecule has 1 aromatic carbocycles. The van der Waals surface area contributed by atoms with Gasteiger partial charge in [0.25, 0.3) is 0 Å². The van der Waals surface area contributed by atoms with E-state index in [2.05, 4.69) is 10.6 Å². The monoisotopic (exact) mass is 306 g/mol. The Kier molecular flexibility index (Phi) is 4.67. The number of benzene rings is 1. The highest BCUT2D eigenvalue weighted by atomic mass is 16.7. The van der Waals surface area contributed by atoms with Crippen molar-refractivity contribution in [3.63, 3.8) is 0 Å². The van der Waals surface area contributed by atoms with E-state index in [1.165, 1.54) is 0 Å². The Morgan fingerprint density at radius 3 is 2.41 bits per heavy atom. The van der Waals surface area contributed by atoms with E-state index in [4.69, 9.17) is 14.4 Å². The second-order valence-electron chi connectivity index (χ2n) is 6.37. The SMILES string of the molecule is CC1(C)OB(c2cccc(NCCNC(=O)O)c2)OC1(C)C. The van der Waals surface area contributed by atoms with Crippen LogP contribution in [0.1, 0.15) is 27.7 Å². The van der Waals surface area contributed by atoms with Crippen molar-refractivity contribution in [2.75, 3.05) is 18.4 Å². The summed E-state index contributed by atoms with van der Waals surface area (Å²) in [6.07, 6.45) is -1.02. The smallest absolute Gasteiger partial charge is 0.465 e. The van der Waals surface area contributed by atoms with Crippen molar-refractivity contribution in [3.05, 3.63) is 24.3 Å². The average molecular weight is 306 g/mol. The summed E-state index contributed by atoms with van der Waals surface area (Å²) in [5, 5.41) is 14.0. The molecule has 0 atom stereocenters. The summed E-state index contributed by atoms with van der Waals surface area (Å²) in [6.45, 7) is 8.94. The van der Waals surface area contributed by atoms with Crippen molar-refractivity contribution in [2.45, 2.75) is 38.9 Å². The van der Waals surface area contributed by atoms with Crippen LogP contribution in [0.2, 0.25) is 0 Å². The molecule has 1 aliphatic heterocycles. The summed E-state index contributed by atoms with van der Waals surface area (Å²) < 4.78 is 12.0. The molecule has 7 heteroatoms. The molecule has 0 aliphatic carbocycles. The van der Waals surface area contributed by atoms with Gasteiger partial charge in [-0.25, -0.2) is 4.79 Å². The van der Waals surface area contributed by atoms with Crippen molar-refractivity contribution >= 4 is 24.4 Å². The average Bonchev–Trinajstić information content (AvgIpc) is 2.64. The first-order chi connectivity index (χ1) is 10.2. The lowest BCUT2D eigenvalue weighted by Gasteiger charge is -2.32. The maximum absolute atomic E-state index is 10.4. The minimum absolute atomic E-state index is 0.343. The van der Waals surface area contributed by atoms with Crippen molar-refractivity contribution in [2.24, 2.45) is 0 Å². The van der Waals surface area contributed by atoms with Gasteiger partial charge in [0.2, 0.25) is 0 Å². The summed E-state index contributed by atoms with van der Waals surface area (Å²) in [6, 6.07) is 7.77. The molecule has 0 spiro atoms. The lowest BCUT2D eigenvalue weighted by molar-refractivity contribution is 0.00578. The molecule has 1 aliphatic rings. The number of rotatable bonds is 5. The fourth-order valence-electron chi connectivity index (χ4n) is 2.15. The lowest BCUT2D eigenvalue weighted by atomic mass is 9.79. The molecule has 0 bridgehead atoms. The number of carbonyl (C=O) groups is 1. The molecule has 1 saturated heterocycles. The Morgan fingerprint density at radius 1 is 1.18 bits per heavy atom. The second kappa shape index (κ2) is 6.18. The molecule has 0 saturated carbocycles. The van der Waals surface area contributed by atoms with Gasteiger partial charge in [-0.15, -0.1) is 0 Å². The van der Waals surface area contributed by atoms with E-state index in [0.717, 1.165) is 11.2 Å². The van der Waals surface area contributed by atoms with Crippen LogP contribution in [0, 0.1) is 0 Å². The van der Waals surface area contributed by atoms with Crippen LogP contribution in [0.3, 0.4) is 0 Å². The van der Waals surface area contributed by atoms with Crippen LogP contribution in [-0.2, 0) is 9.31 Å². The molecule has 6 nitrogen and oxygen atoms in total. The number of amides is 1. The number of hydrogen-bond donors (Lipinski definition) is 3. The third-order valence-electron chi connectivity index (χ3n) is 4.14. The molecule has 0 aromatic heterocycles. The Hall–Kier alpha value is -1.73. The molecule has 1 amide bonds. The van der Waals surface area contributed by atoms with Crippen LogP contribution in [0.4, 0.5) is 10.5 Å². The highest BCUT2D eigenvalue weighted by Gasteiger charge is 2.51. The predicted octanol–water partition coefficient (Wildman–Crippen LogP) is 1.67. The first-order valence-electron chi connectivity index (χ1n) is 7.37. The Morgan fingerprint density at radius 2 is 1.82 bits per heavy atom. The lowest BCUT2D eigenvalue weighted by Crippen LogP contribution is -2.41. The van der Waals surface area contributed by atoms with Crippen LogP contribution in [-0.4, -0.2) is 42.6 Å². The standard InChI is InChI=1S/C15H23BN2O4/c1-14(2)15(3,4)22-16(21-14)11-6-5-7-12(10-11)17-8-9-18-13(19)20/h5-7,10,17-18H,8-9H2,1-4H3,(H,19,20). The summed E-state index contributed by atoms with van der Waals surface area (Å²) in [5.74, 6) is 0. The summed E-state index contributed by atoms with van der Waals surface area (Å²) in [4.78, 5) is 10.4. The van der Waals surface area contributed by atoms with Gasteiger partial charge in [0, 0.05) is 18.8 Å². The molecule has 22 heavy (non-hydrogen) atoms. The highest BCUT2D eigenvalue weighted by molar-refractivity contribution is 6.62. The zero-order chi connectivity index (χ0) is 16.4.